The van der Waals surface area contributed by atoms with Crippen molar-refractivity contribution in [1.82, 2.24) is 4.98 Å². The van der Waals surface area contributed by atoms with Crippen LogP contribution in [0.4, 0.5) is 19.0 Å². The number of nitro groups is 1. The lowest BCUT2D eigenvalue weighted by Crippen LogP contribution is -2.19. The first-order valence-electron chi connectivity index (χ1n) is 4.84. The molecule has 1 N–H and O–H groups in total. The molecule has 1 heterocycles. The predicted octanol–water partition coefficient (Wildman–Crippen LogP) is 1.31. The molecule has 1 rings (SSSR count). The summed E-state index contributed by atoms with van der Waals surface area (Å²) >= 11 is 0. The van der Waals surface area contributed by atoms with E-state index in [-0.39, 0.29) is 0 Å². The zero-order valence-corrected chi connectivity index (χ0v) is 9.80. The topological polar surface area (TPSA) is 112 Å². The fourth-order valence-electron chi connectivity index (χ4n) is 1.19. The van der Waals surface area contributed by atoms with Crippen LogP contribution in [0.2, 0.25) is 0 Å². The molecule has 1 aromatic heterocycles. The van der Waals surface area contributed by atoms with E-state index in [0.29, 0.717) is 6.07 Å². The van der Waals surface area contributed by atoms with Gasteiger partial charge in [-0.2, -0.15) is 0 Å². The molecule has 0 radical (unpaired) electrons. The van der Waals surface area contributed by atoms with Crippen molar-refractivity contribution in [3.63, 3.8) is 0 Å². The van der Waals surface area contributed by atoms with Gasteiger partial charge in [-0.15, -0.1) is 13.2 Å². The Morgan fingerprint density at radius 3 is 2.60 bits per heavy atom. The van der Waals surface area contributed by atoms with Crippen molar-refractivity contribution in [2.45, 2.75) is 12.8 Å². The van der Waals surface area contributed by atoms with Gasteiger partial charge in [0.15, 0.2) is 0 Å². The Balaban J connectivity index is 3.29. The van der Waals surface area contributed by atoms with Crippen LogP contribution in [0.1, 0.15) is 5.56 Å². The summed E-state index contributed by atoms with van der Waals surface area (Å²) in [7, 11) is 1.00. The lowest BCUT2D eigenvalue weighted by molar-refractivity contribution is -0.390. The molecule has 8 nitrogen and oxygen atoms in total. The molecule has 0 aliphatic heterocycles. The van der Waals surface area contributed by atoms with E-state index in [0.717, 1.165) is 7.11 Å². The number of hydrogen-bond acceptors (Lipinski definition) is 7. The first-order valence-corrected chi connectivity index (χ1v) is 4.84. The number of aromatic hydroxyl groups is 1. The van der Waals surface area contributed by atoms with E-state index in [4.69, 9.17) is 0 Å². The monoisotopic (exact) mass is 296 g/mol. The Morgan fingerprint density at radius 2 is 2.15 bits per heavy atom. The first kappa shape index (κ1) is 15.5. The minimum absolute atomic E-state index is 0.474. The number of rotatable bonds is 4. The van der Waals surface area contributed by atoms with Crippen LogP contribution >= 0.6 is 0 Å². The van der Waals surface area contributed by atoms with E-state index in [1.165, 1.54) is 0 Å². The van der Waals surface area contributed by atoms with Gasteiger partial charge in [0.25, 0.3) is 0 Å². The Morgan fingerprint density at radius 1 is 1.55 bits per heavy atom. The molecule has 0 bridgehead atoms. The Hall–Kier alpha value is -2.59. The maximum Gasteiger partial charge on any atom is 0.575 e. The number of carbonyl (C=O) groups is 1. The molecule has 110 valence electrons. The largest absolute Gasteiger partial charge is 0.575 e. The Bertz CT molecular complexity index is 545. The number of hydrogen-bond donors (Lipinski definition) is 1. The lowest BCUT2D eigenvalue weighted by atomic mass is 10.1. The number of methoxy groups -OCH3 is 1. The predicted molar refractivity (Wildman–Crippen MR) is 55.0 cm³/mol. The summed E-state index contributed by atoms with van der Waals surface area (Å²) in [5, 5.41) is 20.0. The third kappa shape index (κ3) is 3.96. The molecular weight excluding hydrogens is 289 g/mol. The first-order chi connectivity index (χ1) is 9.14. The highest BCUT2D eigenvalue weighted by Crippen LogP contribution is 2.35. The molecule has 11 heteroatoms. The van der Waals surface area contributed by atoms with E-state index in [1.807, 2.05) is 0 Å². The fourth-order valence-corrected chi connectivity index (χ4v) is 1.19. The normalized spacial score (nSPS) is 11.0. The Kier molecular flexibility index (Phi) is 4.32. The number of alkyl halides is 3. The number of pyridine rings is 1. The number of ether oxygens (including phenoxy) is 2. The molecule has 0 aliphatic rings. The van der Waals surface area contributed by atoms with Crippen molar-refractivity contribution < 1.29 is 37.5 Å². The van der Waals surface area contributed by atoms with Crippen LogP contribution in [0.3, 0.4) is 0 Å². The van der Waals surface area contributed by atoms with Crippen LogP contribution in [-0.2, 0) is 16.0 Å². The highest BCUT2D eigenvalue weighted by molar-refractivity contribution is 5.74. The number of esters is 1. The summed E-state index contributed by atoms with van der Waals surface area (Å²) in [6, 6.07) is 0.648. The molecule has 0 amide bonds. The second-order valence-corrected chi connectivity index (χ2v) is 3.35. The molecule has 0 atom stereocenters. The number of aromatic nitrogens is 1. The average Bonchev–Trinajstić information content (AvgIpc) is 2.31. The van der Waals surface area contributed by atoms with E-state index in [2.05, 4.69) is 14.5 Å². The minimum atomic E-state index is -5.21. The van der Waals surface area contributed by atoms with E-state index in [1.54, 1.807) is 0 Å². The van der Waals surface area contributed by atoms with Gasteiger partial charge in [-0.05, 0) is 4.92 Å². The molecule has 0 saturated heterocycles. The molecule has 0 aromatic carbocycles. The van der Waals surface area contributed by atoms with Crippen LogP contribution in [0.15, 0.2) is 6.07 Å². The minimum Gasteiger partial charge on any atom is -0.501 e. The SMILES string of the molecule is COC(=O)Cc1cc([N+](=O)[O-])nc(OC(F)(F)F)c1O. The van der Waals surface area contributed by atoms with E-state index in [9.17, 15) is 33.2 Å². The third-order valence-electron chi connectivity index (χ3n) is 1.99. The zero-order chi connectivity index (χ0) is 15.5. The van der Waals surface area contributed by atoms with Crippen molar-refractivity contribution in [1.29, 1.82) is 0 Å². The van der Waals surface area contributed by atoms with Crippen molar-refractivity contribution in [2.75, 3.05) is 7.11 Å². The van der Waals surface area contributed by atoms with Crippen molar-refractivity contribution in [3.8, 4) is 11.6 Å². The van der Waals surface area contributed by atoms with Gasteiger partial charge in [0.2, 0.25) is 5.75 Å². The second-order valence-electron chi connectivity index (χ2n) is 3.35. The van der Waals surface area contributed by atoms with Crippen LogP contribution < -0.4 is 4.74 Å². The van der Waals surface area contributed by atoms with Gasteiger partial charge in [0.1, 0.15) is 0 Å². The quantitative estimate of drug-likeness (QED) is 0.506. The molecule has 0 saturated carbocycles. The van der Waals surface area contributed by atoms with Gasteiger partial charge in [-0.25, -0.2) is 0 Å². The van der Waals surface area contributed by atoms with Crippen molar-refractivity contribution in [2.24, 2.45) is 0 Å². The van der Waals surface area contributed by atoms with E-state index < -0.39 is 46.7 Å². The highest BCUT2D eigenvalue weighted by Gasteiger charge is 2.37. The highest BCUT2D eigenvalue weighted by atomic mass is 19.4. The van der Waals surface area contributed by atoms with Gasteiger partial charge in [0, 0.05) is 16.6 Å². The smallest absolute Gasteiger partial charge is 0.501 e. The molecule has 0 fully saturated rings. The third-order valence-corrected chi connectivity index (χ3v) is 1.99. The van der Waals surface area contributed by atoms with Crippen molar-refractivity contribution >= 4 is 11.8 Å². The second kappa shape index (κ2) is 5.59. The summed E-state index contributed by atoms with van der Waals surface area (Å²) in [4.78, 5) is 23.4. The molecule has 0 spiro atoms. The molecule has 0 aliphatic carbocycles. The summed E-state index contributed by atoms with van der Waals surface area (Å²) in [5.74, 6) is -4.47. The van der Waals surface area contributed by atoms with Crippen LogP contribution in [0.5, 0.6) is 11.6 Å². The van der Waals surface area contributed by atoms with Gasteiger partial charge in [-0.3, -0.25) is 4.79 Å². The standard InChI is InChI=1S/C9H7F3N2O6/c1-19-6(15)3-4-2-5(14(17)18)13-8(7(4)16)20-9(10,11)12/h2,16H,3H2,1H3. The summed E-state index contributed by atoms with van der Waals surface area (Å²) in [6.07, 6.45) is -5.89. The van der Waals surface area contributed by atoms with Gasteiger partial charge < -0.3 is 24.7 Å². The van der Waals surface area contributed by atoms with E-state index >= 15 is 0 Å². The maximum absolute atomic E-state index is 12.1. The number of halogens is 3. The van der Waals surface area contributed by atoms with Gasteiger partial charge in [-0.1, -0.05) is 0 Å². The molecule has 20 heavy (non-hydrogen) atoms. The molecule has 0 unspecified atom stereocenters. The average molecular weight is 296 g/mol. The number of carbonyl (C=O) groups excluding carboxylic acids is 1. The van der Waals surface area contributed by atoms with Gasteiger partial charge in [0.05, 0.1) is 13.5 Å². The van der Waals surface area contributed by atoms with Crippen LogP contribution in [0.25, 0.3) is 0 Å². The molecule has 1 aromatic rings. The van der Waals surface area contributed by atoms with Crippen LogP contribution in [-0.4, -0.2) is 34.5 Å². The van der Waals surface area contributed by atoms with Crippen LogP contribution in [0, 0.1) is 10.1 Å². The van der Waals surface area contributed by atoms with Crippen molar-refractivity contribution in [3.05, 3.63) is 21.7 Å². The number of nitrogens with zero attached hydrogens (tertiary/aromatic N) is 2. The summed E-state index contributed by atoms with van der Waals surface area (Å²) in [5.41, 5.74) is -0.474. The summed E-state index contributed by atoms with van der Waals surface area (Å²) < 4.78 is 43.8. The zero-order valence-electron chi connectivity index (χ0n) is 9.80. The fraction of sp³-hybridized carbons (Fsp3) is 0.333. The Labute approximate surface area is 108 Å². The maximum atomic E-state index is 12.1. The molecular formula is C9H7F3N2O6. The van der Waals surface area contributed by atoms with Gasteiger partial charge >= 0.3 is 24.0 Å². The summed E-state index contributed by atoms with van der Waals surface area (Å²) in [6.45, 7) is 0. The lowest BCUT2D eigenvalue weighted by Gasteiger charge is -2.08.